The van der Waals surface area contributed by atoms with Crippen molar-refractivity contribution in [2.45, 2.75) is 0 Å². The Kier molecular flexibility index (Phi) is 3.51. The summed E-state index contributed by atoms with van der Waals surface area (Å²) in [4.78, 5) is 21.8. The fourth-order valence-electron chi connectivity index (χ4n) is 1.52. The summed E-state index contributed by atoms with van der Waals surface area (Å²) < 4.78 is 1.55. The lowest BCUT2D eigenvalue weighted by atomic mass is 10.1. The van der Waals surface area contributed by atoms with E-state index in [1.54, 1.807) is 36.1 Å². The molecule has 0 fully saturated rings. The van der Waals surface area contributed by atoms with Crippen LogP contribution in [-0.4, -0.2) is 20.5 Å². The number of carbonyl (C=O) groups excluding carboxylic acids is 1. The van der Waals surface area contributed by atoms with E-state index < -0.39 is 4.92 Å². The third-order valence-electron chi connectivity index (χ3n) is 2.52. The van der Waals surface area contributed by atoms with Gasteiger partial charge >= 0.3 is 0 Å². The molecular weight excluding hydrogens is 246 g/mol. The van der Waals surface area contributed by atoms with Crippen molar-refractivity contribution >= 4 is 17.5 Å². The van der Waals surface area contributed by atoms with Crippen LogP contribution in [0.25, 0.3) is 6.08 Å². The molecule has 6 nitrogen and oxygen atoms in total. The lowest BCUT2D eigenvalue weighted by Crippen LogP contribution is -1.92. The maximum absolute atomic E-state index is 11.8. The van der Waals surface area contributed by atoms with Crippen molar-refractivity contribution in [2.24, 2.45) is 7.05 Å². The standard InChI is InChI=1S/C13H11N3O3/c1-15-9-11(8-14-15)13(17)7-4-10-2-5-12(6-3-10)16(18)19/h2-9H,1H3. The number of aromatic nitrogens is 2. The second kappa shape index (κ2) is 5.26. The number of nitrogens with zero attached hydrogens (tertiary/aromatic N) is 3. The molecule has 96 valence electrons. The van der Waals surface area contributed by atoms with Gasteiger partial charge < -0.3 is 0 Å². The summed E-state index contributed by atoms with van der Waals surface area (Å²) in [5.74, 6) is -0.161. The molecule has 0 bridgehead atoms. The zero-order chi connectivity index (χ0) is 13.8. The maximum Gasteiger partial charge on any atom is 0.269 e. The quantitative estimate of drug-likeness (QED) is 0.364. The molecule has 0 N–H and O–H groups in total. The minimum atomic E-state index is -0.464. The summed E-state index contributed by atoms with van der Waals surface area (Å²) in [6.45, 7) is 0. The van der Waals surface area contributed by atoms with Crippen molar-refractivity contribution < 1.29 is 9.72 Å². The third-order valence-corrected chi connectivity index (χ3v) is 2.52. The van der Waals surface area contributed by atoms with Gasteiger partial charge in [0.05, 0.1) is 16.7 Å². The van der Waals surface area contributed by atoms with Gasteiger partial charge in [-0.25, -0.2) is 0 Å². The molecule has 2 aromatic rings. The fourth-order valence-corrected chi connectivity index (χ4v) is 1.52. The lowest BCUT2D eigenvalue weighted by Gasteiger charge is -1.93. The van der Waals surface area contributed by atoms with Crippen molar-refractivity contribution in [1.29, 1.82) is 0 Å². The van der Waals surface area contributed by atoms with Crippen molar-refractivity contribution in [1.82, 2.24) is 9.78 Å². The predicted molar refractivity (Wildman–Crippen MR) is 69.7 cm³/mol. The van der Waals surface area contributed by atoms with E-state index in [0.29, 0.717) is 5.56 Å². The van der Waals surface area contributed by atoms with Crippen LogP contribution in [0.5, 0.6) is 0 Å². The molecule has 0 amide bonds. The van der Waals surface area contributed by atoms with Gasteiger partial charge in [-0.1, -0.05) is 6.08 Å². The number of benzene rings is 1. The van der Waals surface area contributed by atoms with Gasteiger partial charge in [-0.3, -0.25) is 19.6 Å². The van der Waals surface area contributed by atoms with Gasteiger partial charge in [0, 0.05) is 25.4 Å². The Hall–Kier alpha value is -2.76. The summed E-state index contributed by atoms with van der Waals surface area (Å²) >= 11 is 0. The molecule has 1 heterocycles. The number of nitro groups is 1. The van der Waals surface area contributed by atoms with Crippen molar-refractivity contribution in [2.75, 3.05) is 0 Å². The summed E-state index contributed by atoms with van der Waals surface area (Å²) in [5.41, 5.74) is 1.25. The normalized spacial score (nSPS) is 10.8. The van der Waals surface area contributed by atoms with Gasteiger partial charge in [0.15, 0.2) is 5.78 Å². The molecule has 0 radical (unpaired) electrons. The largest absolute Gasteiger partial charge is 0.289 e. The monoisotopic (exact) mass is 257 g/mol. The molecule has 0 atom stereocenters. The Bertz CT molecular complexity index is 641. The van der Waals surface area contributed by atoms with Gasteiger partial charge in [-0.2, -0.15) is 5.10 Å². The molecule has 2 rings (SSSR count). The number of hydrogen-bond acceptors (Lipinski definition) is 4. The van der Waals surface area contributed by atoms with Crippen LogP contribution in [-0.2, 0) is 7.05 Å². The highest BCUT2D eigenvalue weighted by Gasteiger charge is 2.05. The molecule has 0 aliphatic rings. The number of rotatable bonds is 4. The van der Waals surface area contributed by atoms with Gasteiger partial charge in [0.1, 0.15) is 0 Å². The first-order chi connectivity index (χ1) is 9.06. The van der Waals surface area contributed by atoms with E-state index in [1.165, 1.54) is 24.4 Å². The molecule has 1 aromatic carbocycles. The van der Waals surface area contributed by atoms with Gasteiger partial charge in [0.2, 0.25) is 0 Å². The average Bonchev–Trinajstić information content (AvgIpc) is 2.83. The Morgan fingerprint density at radius 1 is 1.37 bits per heavy atom. The number of allylic oxidation sites excluding steroid dienone is 1. The average molecular weight is 257 g/mol. The van der Waals surface area contributed by atoms with E-state index in [2.05, 4.69) is 5.10 Å². The minimum absolute atomic E-state index is 0.0238. The summed E-state index contributed by atoms with van der Waals surface area (Å²) in [6.07, 6.45) is 6.14. The molecule has 0 aliphatic heterocycles. The number of nitro benzene ring substituents is 1. The second-order valence-electron chi connectivity index (χ2n) is 3.95. The van der Waals surface area contributed by atoms with Gasteiger partial charge in [0.25, 0.3) is 5.69 Å². The molecule has 0 unspecified atom stereocenters. The van der Waals surface area contributed by atoms with Crippen molar-refractivity contribution in [3.8, 4) is 0 Å². The van der Waals surface area contributed by atoms with Crippen LogP contribution >= 0.6 is 0 Å². The summed E-state index contributed by atoms with van der Waals surface area (Å²) in [5, 5.41) is 14.4. The highest BCUT2D eigenvalue weighted by atomic mass is 16.6. The van der Waals surface area contributed by atoms with Crippen molar-refractivity contribution in [3.63, 3.8) is 0 Å². The van der Waals surface area contributed by atoms with E-state index in [1.807, 2.05) is 0 Å². The van der Waals surface area contributed by atoms with E-state index in [0.717, 1.165) is 5.56 Å². The topological polar surface area (TPSA) is 78.0 Å². The van der Waals surface area contributed by atoms with E-state index >= 15 is 0 Å². The predicted octanol–water partition coefficient (Wildman–Crippen LogP) is 2.22. The molecule has 1 aromatic heterocycles. The lowest BCUT2D eigenvalue weighted by molar-refractivity contribution is -0.384. The smallest absolute Gasteiger partial charge is 0.269 e. The molecular formula is C13H11N3O3. The first-order valence-corrected chi connectivity index (χ1v) is 5.52. The molecule has 0 saturated heterocycles. The third kappa shape index (κ3) is 3.12. The summed E-state index contributed by atoms with van der Waals surface area (Å²) in [6, 6.07) is 5.97. The van der Waals surface area contributed by atoms with Gasteiger partial charge in [-0.15, -0.1) is 0 Å². The molecule has 0 saturated carbocycles. The van der Waals surface area contributed by atoms with E-state index in [-0.39, 0.29) is 11.5 Å². The van der Waals surface area contributed by atoms with Crippen LogP contribution in [0, 0.1) is 10.1 Å². The molecule has 0 spiro atoms. The molecule has 6 heteroatoms. The Labute approximate surface area is 109 Å². The Morgan fingerprint density at radius 2 is 2.05 bits per heavy atom. The van der Waals surface area contributed by atoms with Crippen LogP contribution in [0.15, 0.2) is 42.7 Å². The zero-order valence-corrected chi connectivity index (χ0v) is 10.2. The second-order valence-corrected chi connectivity index (χ2v) is 3.95. The van der Waals surface area contributed by atoms with Crippen molar-refractivity contribution in [3.05, 3.63) is 64.0 Å². The highest BCUT2D eigenvalue weighted by Crippen LogP contribution is 2.13. The number of carbonyl (C=O) groups is 1. The first kappa shape index (κ1) is 12.7. The van der Waals surface area contributed by atoms with Crippen LogP contribution in [0.1, 0.15) is 15.9 Å². The molecule has 19 heavy (non-hydrogen) atoms. The fraction of sp³-hybridized carbons (Fsp3) is 0.0769. The first-order valence-electron chi connectivity index (χ1n) is 5.52. The van der Waals surface area contributed by atoms with E-state index in [9.17, 15) is 14.9 Å². The number of non-ortho nitro benzene ring substituents is 1. The van der Waals surface area contributed by atoms with Crippen LogP contribution in [0.3, 0.4) is 0 Å². The van der Waals surface area contributed by atoms with Crippen LogP contribution in [0.4, 0.5) is 5.69 Å². The zero-order valence-electron chi connectivity index (χ0n) is 10.2. The number of ketones is 1. The highest BCUT2D eigenvalue weighted by molar-refractivity contribution is 6.06. The maximum atomic E-state index is 11.8. The minimum Gasteiger partial charge on any atom is -0.289 e. The van der Waals surface area contributed by atoms with Gasteiger partial charge in [-0.05, 0) is 23.8 Å². The summed E-state index contributed by atoms with van der Waals surface area (Å²) in [7, 11) is 1.73. The van der Waals surface area contributed by atoms with E-state index in [4.69, 9.17) is 0 Å². The Morgan fingerprint density at radius 3 is 2.58 bits per heavy atom. The number of aryl methyl sites for hydroxylation is 1. The SMILES string of the molecule is Cn1cc(C(=O)C=Cc2ccc([N+](=O)[O-])cc2)cn1. The van der Waals surface area contributed by atoms with Crippen LogP contribution < -0.4 is 0 Å². The number of hydrogen-bond donors (Lipinski definition) is 0. The molecule has 0 aliphatic carbocycles. The Balaban J connectivity index is 2.10. The van der Waals surface area contributed by atoms with Crippen LogP contribution in [0.2, 0.25) is 0 Å².